The number of carbonyl (C=O) groups is 5. The first-order valence-corrected chi connectivity index (χ1v) is 13.1. The summed E-state index contributed by atoms with van der Waals surface area (Å²) in [6, 6.07) is -4.22. The lowest BCUT2D eigenvalue weighted by Crippen LogP contribution is -2.57. The fraction of sp³-hybridized carbons (Fsp3) is 0.773. The van der Waals surface area contributed by atoms with Crippen molar-refractivity contribution in [3.8, 4) is 0 Å². The molecule has 4 atom stereocenters. The summed E-state index contributed by atoms with van der Waals surface area (Å²) in [5.41, 5.74) is 11.3. The van der Waals surface area contributed by atoms with Gasteiger partial charge in [-0.25, -0.2) is 4.79 Å². The molecule has 0 aliphatic heterocycles. The van der Waals surface area contributed by atoms with Crippen LogP contribution in [0.4, 0.5) is 0 Å². The highest BCUT2D eigenvalue weighted by Crippen LogP contribution is 2.09. The Labute approximate surface area is 210 Å². The second-order valence-electron chi connectivity index (χ2n) is 8.76. The van der Waals surface area contributed by atoms with Gasteiger partial charge in [0.15, 0.2) is 0 Å². The molecule has 0 rings (SSSR count). The van der Waals surface area contributed by atoms with E-state index >= 15 is 0 Å². The third-order valence-corrected chi connectivity index (χ3v) is 5.80. The highest BCUT2D eigenvalue weighted by atomic mass is 32.2. The van der Waals surface area contributed by atoms with Gasteiger partial charge in [0.1, 0.15) is 18.1 Å². The van der Waals surface area contributed by atoms with Crippen molar-refractivity contribution in [2.45, 2.75) is 83.0 Å². The molecule has 13 heteroatoms. The molecule has 0 spiro atoms. The number of carboxylic acid groups (broad SMARTS) is 2. The summed E-state index contributed by atoms with van der Waals surface area (Å²) < 4.78 is 0. The fourth-order valence-electron chi connectivity index (χ4n) is 3.19. The largest absolute Gasteiger partial charge is 0.481 e. The van der Waals surface area contributed by atoms with Gasteiger partial charge < -0.3 is 37.6 Å². The van der Waals surface area contributed by atoms with Crippen LogP contribution in [0.2, 0.25) is 0 Å². The maximum atomic E-state index is 13.0. The van der Waals surface area contributed by atoms with Crippen molar-refractivity contribution in [1.82, 2.24) is 16.0 Å². The molecule has 0 aliphatic rings. The molecule has 4 unspecified atom stereocenters. The first-order chi connectivity index (χ1) is 16.4. The molecule has 0 saturated carbocycles. The molecule has 3 amide bonds. The Hall–Kier alpha value is -2.38. The Morgan fingerprint density at radius 1 is 0.829 bits per heavy atom. The number of carbonyl (C=O) groups excluding carboxylic acids is 3. The van der Waals surface area contributed by atoms with Crippen LogP contribution in [0.15, 0.2) is 0 Å². The molecule has 0 aromatic rings. The Kier molecular flexibility index (Phi) is 16.7. The Morgan fingerprint density at radius 3 is 1.86 bits per heavy atom. The van der Waals surface area contributed by atoms with E-state index in [1.807, 2.05) is 20.1 Å². The van der Waals surface area contributed by atoms with Gasteiger partial charge in [0.05, 0.1) is 6.04 Å². The first-order valence-electron chi connectivity index (χ1n) is 11.7. The quantitative estimate of drug-likeness (QED) is 0.110. The van der Waals surface area contributed by atoms with Crippen LogP contribution in [0.1, 0.15) is 58.8 Å². The monoisotopic (exact) mass is 519 g/mol. The maximum Gasteiger partial charge on any atom is 0.326 e. The van der Waals surface area contributed by atoms with Gasteiger partial charge in [-0.05, 0) is 63.0 Å². The standard InChI is InChI=1S/C22H41N5O7S/c1-13(2)12-17(22(33)34)27-21(32)16(9-11-35-3)26-20(31)15(6-4-5-10-23)25-19(30)14(24)7-8-18(28)29/h13-17H,4-12,23-24H2,1-3H3,(H,25,30)(H,26,31)(H,27,32)(H,28,29)(H,33,34). The molecule has 9 N–H and O–H groups in total. The molecular weight excluding hydrogens is 478 g/mol. The van der Waals surface area contributed by atoms with Gasteiger partial charge in [-0.3, -0.25) is 19.2 Å². The van der Waals surface area contributed by atoms with Crippen molar-refractivity contribution >= 4 is 41.4 Å². The number of hydrogen-bond donors (Lipinski definition) is 7. The molecule has 0 aliphatic carbocycles. The van der Waals surface area contributed by atoms with Gasteiger partial charge in [-0.2, -0.15) is 11.8 Å². The molecule has 0 aromatic heterocycles. The molecule has 35 heavy (non-hydrogen) atoms. The minimum Gasteiger partial charge on any atom is -0.481 e. The molecular formula is C22H41N5O7S. The Bertz CT molecular complexity index is 708. The Morgan fingerprint density at radius 2 is 1.37 bits per heavy atom. The predicted octanol–water partition coefficient (Wildman–Crippen LogP) is -0.354. The summed E-state index contributed by atoms with van der Waals surface area (Å²) in [5.74, 6) is -3.60. The number of nitrogens with one attached hydrogen (secondary N) is 3. The van der Waals surface area contributed by atoms with Crippen LogP contribution < -0.4 is 27.4 Å². The smallest absolute Gasteiger partial charge is 0.326 e. The maximum absolute atomic E-state index is 13.0. The van der Waals surface area contributed by atoms with E-state index in [4.69, 9.17) is 16.6 Å². The highest BCUT2D eigenvalue weighted by Gasteiger charge is 2.30. The minimum absolute atomic E-state index is 0.0307. The third-order valence-electron chi connectivity index (χ3n) is 5.15. The van der Waals surface area contributed by atoms with Crippen molar-refractivity contribution in [3.63, 3.8) is 0 Å². The van der Waals surface area contributed by atoms with E-state index in [0.29, 0.717) is 25.1 Å². The van der Waals surface area contributed by atoms with Crippen LogP contribution in [0.3, 0.4) is 0 Å². The number of thioether (sulfide) groups is 1. The van der Waals surface area contributed by atoms with E-state index in [-0.39, 0.29) is 38.0 Å². The number of nitrogens with two attached hydrogens (primary N) is 2. The fourth-order valence-corrected chi connectivity index (χ4v) is 3.66. The SMILES string of the molecule is CSCCC(NC(=O)C(CCCCN)NC(=O)C(N)CCC(=O)O)C(=O)NC(CC(C)C)C(=O)O. The summed E-state index contributed by atoms with van der Waals surface area (Å²) >= 11 is 1.46. The predicted molar refractivity (Wildman–Crippen MR) is 134 cm³/mol. The van der Waals surface area contributed by atoms with Crippen LogP contribution in [-0.4, -0.2) is 82.6 Å². The molecule has 0 saturated heterocycles. The molecule has 0 radical (unpaired) electrons. The van der Waals surface area contributed by atoms with Gasteiger partial charge in [0.2, 0.25) is 17.7 Å². The zero-order valence-corrected chi connectivity index (χ0v) is 21.6. The average Bonchev–Trinajstić information content (AvgIpc) is 2.78. The summed E-state index contributed by atoms with van der Waals surface area (Å²) in [6.45, 7) is 4.07. The third kappa shape index (κ3) is 14.6. The van der Waals surface area contributed by atoms with Gasteiger partial charge >= 0.3 is 11.9 Å². The topological polar surface area (TPSA) is 214 Å². The van der Waals surface area contributed by atoms with Crippen LogP contribution in [0, 0.1) is 5.92 Å². The van der Waals surface area contributed by atoms with Crippen molar-refractivity contribution in [2.75, 3.05) is 18.6 Å². The van der Waals surface area contributed by atoms with E-state index in [0.717, 1.165) is 0 Å². The summed E-state index contributed by atoms with van der Waals surface area (Å²) in [7, 11) is 0. The van der Waals surface area contributed by atoms with E-state index in [1.165, 1.54) is 11.8 Å². The molecule has 0 aromatic carbocycles. The van der Waals surface area contributed by atoms with Crippen LogP contribution in [-0.2, 0) is 24.0 Å². The van der Waals surface area contributed by atoms with E-state index in [1.54, 1.807) is 0 Å². The van der Waals surface area contributed by atoms with E-state index in [2.05, 4.69) is 16.0 Å². The van der Waals surface area contributed by atoms with E-state index < -0.39 is 53.8 Å². The van der Waals surface area contributed by atoms with Crippen molar-refractivity contribution in [3.05, 3.63) is 0 Å². The van der Waals surface area contributed by atoms with Crippen molar-refractivity contribution in [1.29, 1.82) is 0 Å². The number of carboxylic acids is 2. The molecule has 0 bridgehead atoms. The lowest BCUT2D eigenvalue weighted by atomic mass is 10.0. The number of amides is 3. The minimum atomic E-state index is -1.16. The first kappa shape index (κ1) is 32.6. The second-order valence-corrected chi connectivity index (χ2v) is 9.74. The van der Waals surface area contributed by atoms with Crippen molar-refractivity contribution < 1.29 is 34.2 Å². The van der Waals surface area contributed by atoms with Crippen LogP contribution >= 0.6 is 11.8 Å². The molecule has 12 nitrogen and oxygen atoms in total. The second kappa shape index (κ2) is 18.0. The number of unbranched alkanes of at least 4 members (excludes halogenated alkanes) is 1. The van der Waals surface area contributed by atoms with Gasteiger partial charge in [-0.1, -0.05) is 13.8 Å². The zero-order valence-electron chi connectivity index (χ0n) is 20.7. The number of aliphatic carboxylic acids is 2. The van der Waals surface area contributed by atoms with E-state index in [9.17, 15) is 29.1 Å². The van der Waals surface area contributed by atoms with Crippen LogP contribution in [0.25, 0.3) is 0 Å². The normalized spacial score (nSPS) is 14.5. The number of rotatable bonds is 19. The van der Waals surface area contributed by atoms with Gasteiger partial charge in [-0.15, -0.1) is 0 Å². The zero-order chi connectivity index (χ0) is 27.0. The lowest BCUT2D eigenvalue weighted by Gasteiger charge is -2.25. The van der Waals surface area contributed by atoms with Gasteiger partial charge in [0.25, 0.3) is 0 Å². The van der Waals surface area contributed by atoms with Gasteiger partial charge in [0, 0.05) is 6.42 Å². The molecule has 0 fully saturated rings. The van der Waals surface area contributed by atoms with Crippen molar-refractivity contribution in [2.24, 2.45) is 17.4 Å². The average molecular weight is 520 g/mol. The lowest BCUT2D eigenvalue weighted by molar-refractivity contribution is -0.143. The molecule has 0 heterocycles. The Balaban J connectivity index is 5.45. The van der Waals surface area contributed by atoms with Crippen LogP contribution in [0.5, 0.6) is 0 Å². The number of hydrogen-bond acceptors (Lipinski definition) is 8. The summed E-state index contributed by atoms with van der Waals surface area (Å²) in [4.78, 5) is 60.6. The highest BCUT2D eigenvalue weighted by molar-refractivity contribution is 7.98. The summed E-state index contributed by atoms with van der Waals surface area (Å²) in [6.07, 6.45) is 3.31. The molecule has 202 valence electrons. The summed E-state index contributed by atoms with van der Waals surface area (Å²) in [5, 5.41) is 25.9.